The molecule has 3 heteroatoms. The van der Waals surface area contributed by atoms with Crippen LogP contribution in [0.1, 0.15) is 47.2 Å². The average Bonchev–Trinajstić information content (AvgIpc) is 2.29. The lowest BCUT2D eigenvalue weighted by Crippen LogP contribution is -2.27. The predicted octanol–water partition coefficient (Wildman–Crippen LogP) is 2.62. The summed E-state index contributed by atoms with van der Waals surface area (Å²) >= 11 is 0. The molecule has 0 unspecified atom stereocenters. The van der Waals surface area contributed by atoms with Gasteiger partial charge in [-0.2, -0.15) is 0 Å². The SMILES string of the molecule is CC(C)(C)Cc1cnnn1C(C)(C)C. The van der Waals surface area contributed by atoms with Crippen molar-refractivity contribution in [2.24, 2.45) is 5.41 Å². The zero-order valence-electron chi connectivity index (χ0n) is 10.1. The summed E-state index contributed by atoms with van der Waals surface area (Å²) < 4.78 is 2.01. The Hall–Kier alpha value is -0.860. The Morgan fingerprint density at radius 2 is 1.71 bits per heavy atom. The van der Waals surface area contributed by atoms with Crippen LogP contribution >= 0.6 is 0 Å². The van der Waals surface area contributed by atoms with Gasteiger partial charge in [0.15, 0.2) is 0 Å². The maximum Gasteiger partial charge on any atom is 0.0725 e. The highest BCUT2D eigenvalue weighted by Crippen LogP contribution is 2.23. The van der Waals surface area contributed by atoms with Gasteiger partial charge in [0.25, 0.3) is 0 Å². The molecule has 1 rings (SSSR count). The summed E-state index contributed by atoms with van der Waals surface area (Å²) in [5, 5.41) is 8.12. The molecule has 14 heavy (non-hydrogen) atoms. The maximum absolute atomic E-state index is 4.14. The van der Waals surface area contributed by atoms with E-state index < -0.39 is 0 Å². The molecule has 0 aliphatic carbocycles. The quantitative estimate of drug-likeness (QED) is 0.689. The Labute approximate surface area is 86.5 Å². The fourth-order valence-electron chi connectivity index (χ4n) is 1.49. The molecule has 80 valence electrons. The molecule has 0 spiro atoms. The Bertz CT molecular complexity index is 299. The molecule has 0 fully saturated rings. The van der Waals surface area contributed by atoms with E-state index in [0.29, 0.717) is 0 Å². The monoisotopic (exact) mass is 195 g/mol. The van der Waals surface area contributed by atoms with Crippen molar-refractivity contribution in [3.05, 3.63) is 11.9 Å². The summed E-state index contributed by atoms with van der Waals surface area (Å²) in [6.07, 6.45) is 2.88. The molecule has 0 atom stereocenters. The lowest BCUT2D eigenvalue weighted by Gasteiger charge is -2.24. The molecule has 0 aromatic carbocycles. The largest absolute Gasteiger partial charge is 0.244 e. The van der Waals surface area contributed by atoms with Crippen molar-refractivity contribution >= 4 is 0 Å². The van der Waals surface area contributed by atoms with Gasteiger partial charge in [0.2, 0.25) is 0 Å². The van der Waals surface area contributed by atoms with Gasteiger partial charge >= 0.3 is 0 Å². The third-order valence-electron chi connectivity index (χ3n) is 1.97. The van der Waals surface area contributed by atoms with E-state index in [-0.39, 0.29) is 11.0 Å². The summed E-state index contributed by atoms with van der Waals surface area (Å²) in [4.78, 5) is 0. The first kappa shape index (κ1) is 11.2. The summed E-state index contributed by atoms with van der Waals surface area (Å²) in [7, 11) is 0. The van der Waals surface area contributed by atoms with Crippen molar-refractivity contribution in [3.63, 3.8) is 0 Å². The Kier molecular flexibility index (Phi) is 2.70. The number of rotatable bonds is 1. The summed E-state index contributed by atoms with van der Waals surface area (Å²) in [6.45, 7) is 13.1. The van der Waals surface area contributed by atoms with Gasteiger partial charge in [-0.3, -0.25) is 0 Å². The van der Waals surface area contributed by atoms with Gasteiger partial charge in [0.05, 0.1) is 17.4 Å². The molecule has 0 radical (unpaired) electrons. The van der Waals surface area contributed by atoms with Crippen LogP contribution in [0.2, 0.25) is 0 Å². The molecule has 0 aliphatic heterocycles. The molecular weight excluding hydrogens is 174 g/mol. The zero-order chi connectivity index (χ0) is 11.0. The second kappa shape index (κ2) is 3.37. The van der Waals surface area contributed by atoms with Crippen molar-refractivity contribution < 1.29 is 0 Å². The molecule has 1 aromatic rings. The van der Waals surface area contributed by atoms with Gasteiger partial charge < -0.3 is 0 Å². The minimum atomic E-state index is 0.0249. The molecular formula is C11H21N3. The standard InChI is InChI=1S/C11H21N3/c1-10(2,3)7-9-8-12-13-14(9)11(4,5)6/h8H,7H2,1-6H3. The van der Waals surface area contributed by atoms with Crippen LogP contribution in [-0.4, -0.2) is 15.0 Å². The normalized spacial score (nSPS) is 13.3. The number of nitrogens with zero attached hydrogens (tertiary/aromatic N) is 3. The van der Waals surface area contributed by atoms with Crippen LogP contribution in [0, 0.1) is 5.41 Å². The second-order valence-corrected chi connectivity index (χ2v) is 6.05. The minimum absolute atomic E-state index is 0.0249. The van der Waals surface area contributed by atoms with Crippen molar-refractivity contribution in [1.29, 1.82) is 0 Å². The molecule has 0 aliphatic rings. The molecule has 0 saturated carbocycles. The third-order valence-corrected chi connectivity index (χ3v) is 1.97. The molecule has 1 heterocycles. The summed E-state index contributed by atoms with van der Waals surface area (Å²) in [6, 6.07) is 0. The molecule has 0 N–H and O–H groups in total. The maximum atomic E-state index is 4.14. The minimum Gasteiger partial charge on any atom is -0.244 e. The fraction of sp³-hybridized carbons (Fsp3) is 0.818. The number of hydrogen-bond acceptors (Lipinski definition) is 2. The highest BCUT2D eigenvalue weighted by atomic mass is 15.4. The smallest absolute Gasteiger partial charge is 0.0725 e. The second-order valence-electron chi connectivity index (χ2n) is 6.05. The highest BCUT2D eigenvalue weighted by molar-refractivity contribution is 5.00. The van der Waals surface area contributed by atoms with Gasteiger partial charge in [-0.1, -0.05) is 26.0 Å². The van der Waals surface area contributed by atoms with E-state index >= 15 is 0 Å². The van der Waals surface area contributed by atoms with E-state index in [2.05, 4.69) is 51.9 Å². The van der Waals surface area contributed by atoms with Crippen LogP contribution in [-0.2, 0) is 12.0 Å². The summed E-state index contributed by atoms with van der Waals surface area (Å²) in [5.41, 5.74) is 1.52. The van der Waals surface area contributed by atoms with E-state index in [1.807, 2.05) is 10.9 Å². The van der Waals surface area contributed by atoms with Crippen molar-refractivity contribution in [1.82, 2.24) is 15.0 Å². The van der Waals surface area contributed by atoms with Crippen LogP contribution < -0.4 is 0 Å². The lowest BCUT2D eigenvalue weighted by molar-refractivity contribution is 0.313. The zero-order valence-corrected chi connectivity index (χ0v) is 10.1. The molecule has 1 aromatic heterocycles. The number of hydrogen-bond donors (Lipinski definition) is 0. The topological polar surface area (TPSA) is 30.7 Å². The molecule has 0 bridgehead atoms. The van der Waals surface area contributed by atoms with Gasteiger partial charge in [-0.15, -0.1) is 5.10 Å². The van der Waals surface area contributed by atoms with E-state index in [1.54, 1.807) is 0 Å². The van der Waals surface area contributed by atoms with Gasteiger partial charge in [-0.05, 0) is 32.6 Å². The molecule has 0 amide bonds. The Morgan fingerprint density at radius 1 is 1.14 bits per heavy atom. The average molecular weight is 195 g/mol. The van der Waals surface area contributed by atoms with Crippen molar-refractivity contribution in [2.45, 2.75) is 53.5 Å². The molecule has 0 saturated heterocycles. The van der Waals surface area contributed by atoms with Crippen molar-refractivity contribution in [2.75, 3.05) is 0 Å². The van der Waals surface area contributed by atoms with E-state index in [1.165, 1.54) is 5.69 Å². The first-order chi connectivity index (χ1) is 6.20. The van der Waals surface area contributed by atoms with Crippen LogP contribution in [0.15, 0.2) is 6.20 Å². The third kappa shape index (κ3) is 2.82. The highest BCUT2D eigenvalue weighted by Gasteiger charge is 2.21. The predicted molar refractivity (Wildman–Crippen MR) is 58.2 cm³/mol. The van der Waals surface area contributed by atoms with Crippen molar-refractivity contribution in [3.8, 4) is 0 Å². The van der Waals surface area contributed by atoms with E-state index in [9.17, 15) is 0 Å². The van der Waals surface area contributed by atoms with Crippen LogP contribution in [0.4, 0.5) is 0 Å². The first-order valence-corrected chi connectivity index (χ1v) is 5.10. The van der Waals surface area contributed by atoms with Gasteiger partial charge in [0.1, 0.15) is 0 Å². The van der Waals surface area contributed by atoms with Gasteiger partial charge in [0, 0.05) is 0 Å². The number of aromatic nitrogens is 3. The summed E-state index contributed by atoms with van der Waals surface area (Å²) in [5.74, 6) is 0. The lowest BCUT2D eigenvalue weighted by atomic mass is 9.90. The van der Waals surface area contributed by atoms with E-state index in [4.69, 9.17) is 0 Å². The van der Waals surface area contributed by atoms with E-state index in [0.717, 1.165) is 6.42 Å². The first-order valence-electron chi connectivity index (χ1n) is 5.10. The van der Waals surface area contributed by atoms with Gasteiger partial charge in [-0.25, -0.2) is 4.68 Å². The fourth-order valence-corrected chi connectivity index (χ4v) is 1.49. The van der Waals surface area contributed by atoms with Crippen LogP contribution in [0.25, 0.3) is 0 Å². The Morgan fingerprint density at radius 3 is 2.14 bits per heavy atom. The Balaban J connectivity index is 2.95. The van der Waals surface area contributed by atoms with Crippen LogP contribution in [0.5, 0.6) is 0 Å². The molecule has 3 nitrogen and oxygen atoms in total. The van der Waals surface area contributed by atoms with Crippen LogP contribution in [0.3, 0.4) is 0 Å².